The second-order valence-corrected chi connectivity index (χ2v) is 9.00. The van der Waals surface area contributed by atoms with Gasteiger partial charge in [-0.3, -0.25) is 4.79 Å². The maximum absolute atomic E-state index is 12.6. The van der Waals surface area contributed by atoms with Gasteiger partial charge in [-0.05, 0) is 55.2 Å². The number of aliphatic hydroxyl groups is 1. The first-order chi connectivity index (χ1) is 15.5. The van der Waals surface area contributed by atoms with E-state index in [2.05, 4.69) is 4.90 Å². The average Bonchev–Trinajstić information content (AvgIpc) is 2.81. The van der Waals surface area contributed by atoms with Gasteiger partial charge in [0.1, 0.15) is 17.7 Å². The number of piperazine rings is 1. The van der Waals surface area contributed by atoms with E-state index in [-0.39, 0.29) is 11.7 Å². The molecule has 168 valence electrons. The molecule has 1 aromatic heterocycles. The molecule has 0 bridgehead atoms. The van der Waals surface area contributed by atoms with Crippen molar-refractivity contribution in [3.8, 4) is 17.1 Å². The maximum atomic E-state index is 12.6. The summed E-state index contributed by atoms with van der Waals surface area (Å²) in [4.78, 5) is 26.0. The van der Waals surface area contributed by atoms with Crippen LogP contribution in [0, 0.1) is 6.92 Å². The van der Waals surface area contributed by atoms with E-state index in [4.69, 9.17) is 9.97 Å². The van der Waals surface area contributed by atoms with Crippen LogP contribution in [0.1, 0.15) is 12.0 Å². The Kier molecular flexibility index (Phi) is 6.81. The summed E-state index contributed by atoms with van der Waals surface area (Å²) in [7, 11) is 0. The first kappa shape index (κ1) is 22.4. The SMILES string of the molecule is CSCCC(O)C(=O)N1CCN(c2nc(-c3ccccc3O)nc3cc(C)ccc23)CC1. The lowest BCUT2D eigenvalue weighted by Crippen LogP contribution is -2.51. The van der Waals surface area contributed by atoms with Crippen molar-refractivity contribution in [2.75, 3.05) is 43.1 Å². The number of amides is 1. The summed E-state index contributed by atoms with van der Waals surface area (Å²) in [6.45, 7) is 4.30. The fourth-order valence-electron chi connectivity index (χ4n) is 3.95. The van der Waals surface area contributed by atoms with Crippen LogP contribution < -0.4 is 4.90 Å². The maximum Gasteiger partial charge on any atom is 0.251 e. The number of aliphatic hydroxyl groups excluding tert-OH is 1. The van der Waals surface area contributed by atoms with Crippen LogP contribution in [0.4, 0.5) is 5.82 Å². The Labute approximate surface area is 192 Å². The standard InChI is InChI=1S/C24H28N4O3S/c1-16-7-8-17-19(15-16)25-22(18-5-3-4-6-20(18)29)26-23(17)27-10-12-28(13-11-27)24(31)21(30)9-14-32-2/h3-8,15,21,29-30H,9-14H2,1-2H3. The molecule has 3 aromatic rings. The average molecular weight is 453 g/mol. The molecule has 0 aliphatic carbocycles. The van der Waals surface area contributed by atoms with Gasteiger partial charge in [-0.25, -0.2) is 9.97 Å². The second-order valence-electron chi connectivity index (χ2n) is 8.02. The number of nitrogens with zero attached hydrogens (tertiary/aromatic N) is 4. The van der Waals surface area contributed by atoms with Crippen molar-refractivity contribution in [2.24, 2.45) is 0 Å². The minimum absolute atomic E-state index is 0.139. The number of phenolic OH excluding ortho intramolecular Hbond substituents is 1. The van der Waals surface area contributed by atoms with E-state index in [1.165, 1.54) is 0 Å². The molecule has 1 atom stereocenters. The lowest BCUT2D eigenvalue weighted by Gasteiger charge is -2.36. The van der Waals surface area contributed by atoms with Crippen LogP contribution in [0.25, 0.3) is 22.3 Å². The van der Waals surface area contributed by atoms with Gasteiger partial charge in [0.15, 0.2) is 5.82 Å². The Morgan fingerprint density at radius 3 is 2.59 bits per heavy atom. The van der Waals surface area contributed by atoms with Crippen LogP contribution in [0.15, 0.2) is 42.5 Å². The Bertz CT molecular complexity index is 1120. The highest BCUT2D eigenvalue weighted by Gasteiger charge is 2.27. The lowest BCUT2D eigenvalue weighted by atomic mass is 10.1. The summed E-state index contributed by atoms with van der Waals surface area (Å²) in [5.41, 5.74) is 2.50. The molecule has 1 unspecified atom stereocenters. The highest BCUT2D eigenvalue weighted by Crippen LogP contribution is 2.32. The topological polar surface area (TPSA) is 89.8 Å². The van der Waals surface area contributed by atoms with Gasteiger partial charge in [-0.1, -0.05) is 18.2 Å². The number of carbonyl (C=O) groups is 1. The number of aryl methyl sites for hydroxylation is 1. The molecule has 0 spiro atoms. The minimum Gasteiger partial charge on any atom is -0.507 e. The number of aromatic nitrogens is 2. The van der Waals surface area contributed by atoms with Gasteiger partial charge in [-0.15, -0.1) is 0 Å². The third-order valence-electron chi connectivity index (χ3n) is 5.75. The van der Waals surface area contributed by atoms with Gasteiger partial charge < -0.3 is 20.0 Å². The van der Waals surface area contributed by atoms with Gasteiger partial charge in [0.25, 0.3) is 5.91 Å². The van der Waals surface area contributed by atoms with Crippen LogP contribution in [-0.4, -0.2) is 75.3 Å². The van der Waals surface area contributed by atoms with Crippen LogP contribution in [-0.2, 0) is 4.79 Å². The molecule has 1 aliphatic rings. The molecule has 1 saturated heterocycles. The minimum atomic E-state index is -0.940. The molecule has 0 saturated carbocycles. The summed E-state index contributed by atoms with van der Waals surface area (Å²) < 4.78 is 0. The van der Waals surface area contributed by atoms with Gasteiger partial charge in [-0.2, -0.15) is 11.8 Å². The number of para-hydroxylation sites is 1. The number of hydrogen-bond acceptors (Lipinski definition) is 7. The third kappa shape index (κ3) is 4.66. The molecule has 2 heterocycles. The van der Waals surface area contributed by atoms with Crippen molar-refractivity contribution in [3.05, 3.63) is 48.0 Å². The van der Waals surface area contributed by atoms with Gasteiger partial charge in [0.2, 0.25) is 0 Å². The normalized spacial score (nSPS) is 15.2. The van der Waals surface area contributed by atoms with E-state index in [0.29, 0.717) is 44.0 Å². The van der Waals surface area contributed by atoms with Crippen molar-refractivity contribution in [2.45, 2.75) is 19.4 Å². The largest absolute Gasteiger partial charge is 0.507 e. The van der Waals surface area contributed by atoms with Crippen molar-refractivity contribution >= 4 is 34.4 Å². The van der Waals surface area contributed by atoms with E-state index in [0.717, 1.165) is 28.0 Å². The van der Waals surface area contributed by atoms with E-state index in [9.17, 15) is 15.0 Å². The van der Waals surface area contributed by atoms with Crippen molar-refractivity contribution in [1.29, 1.82) is 0 Å². The summed E-state index contributed by atoms with van der Waals surface area (Å²) >= 11 is 1.62. The number of phenols is 1. The predicted molar refractivity (Wildman–Crippen MR) is 129 cm³/mol. The highest BCUT2D eigenvalue weighted by molar-refractivity contribution is 7.98. The Balaban J connectivity index is 1.62. The molecule has 7 nitrogen and oxygen atoms in total. The molecule has 32 heavy (non-hydrogen) atoms. The molecule has 1 amide bonds. The smallest absolute Gasteiger partial charge is 0.251 e. The summed E-state index contributed by atoms with van der Waals surface area (Å²) in [5, 5.41) is 21.5. The quantitative estimate of drug-likeness (QED) is 0.594. The molecule has 1 aliphatic heterocycles. The third-order valence-corrected chi connectivity index (χ3v) is 6.39. The van der Waals surface area contributed by atoms with Crippen LogP contribution in [0.5, 0.6) is 5.75 Å². The first-order valence-electron chi connectivity index (χ1n) is 10.8. The Hall–Kier alpha value is -2.84. The number of hydrogen-bond donors (Lipinski definition) is 2. The van der Waals surface area contributed by atoms with Crippen molar-refractivity contribution in [1.82, 2.24) is 14.9 Å². The fraction of sp³-hybridized carbons (Fsp3) is 0.375. The Morgan fingerprint density at radius 1 is 1.12 bits per heavy atom. The van der Waals surface area contributed by atoms with E-state index >= 15 is 0 Å². The zero-order chi connectivity index (χ0) is 22.7. The van der Waals surface area contributed by atoms with Crippen LogP contribution in [0.3, 0.4) is 0 Å². The monoisotopic (exact) mass is 452 g/mol. The van der Waals surface area contributed by atoms with Crippen LogP contribution >= 0.6 is 11.8 Å². The van der Waals surface area contributed by atoms with E-state index < -0.39 is 6.10 Å². The van der Waals surface area contributed by atoms with E-state index in [1.807, 2.05) is 43.5 Å². The molecule has 2 aromatic carbocycles. The summed E-state index contributed by atoms with van der Waals surface area (Å²) in [6, 6.07) is 13.1. The van der Waals surface area contributed by atoms with E-state index in [1.54, 1.807) is 28.8 Å². The molecule has 2 N–H and O–H groups in total. The van der Waals surface area contributed by atoms with Crippen molar-refractivity contribution in [3.63, 3.8) is 0 Å². The Morgan fingerprint density at radius 2 is 1.88 bits per heavy atom. The van der Waals surface area contributed by atoms with Gasteiger partial charge in [0, 0.05) is 31.6 Å². The molecule has 0 radical (unpaired) electrons. The summed E-state index contributed by atoms with van der Waals surface area (Å²) in [5.74, 6) is 1.97. The number of carbonyl (C=O) groups excluding carboxylic acids is 1. The zero-order valence-electron chi connectivity index (χ0n) is 18.4. The predicted octanol–water partition coefficient (Wildman–Crippen LogP) is 3.07. The number of rotatable bonds is 6. The molecule has 8 heteroatoms. The number of fused-ring (bicyclic) bond motifs is 1. The second kappa shape index (κ2) is 9.75. The first-order valence-corrected chi connectivity index (χ1v) is 12.1. The number of thioether (sulfide) groups is 1. The number of benzene rings is 2. The van der Waals surface area contributed by atoms with Gasteiger partial charge in [0.05, 0.1) is 11.1 Å². The summed E-state index contributed by atoms with van der Waals surface area (Å²) in [6.07, 6.45) is 1.50. The molecule has 1 fully saturated rings. The molecular weight excluding hydrogens is 424 g/mol. The number of aromatic hydroxyl groups is 1. The van der Waals surface area contributed by atoms with Gasteiger partial charge >= 0.3 is 0 Å². The molecular formula is C24H28N4O3S. The fourth-order valence-corrected chi connectivity index (χ4v) is 4.41. The highest BCUT2D eigenvalue weighted by atomic mass is 32.2. The number of anilines is 1. The zero-order valence-corrected chi connectivity index (χ0v) is 19.2. The lowest BCUT2D eigenvalue weighted by molar-refractivity contribution is -0.140. The van der Waals surface area contributed by atoms with Crippen LogP contribution in [0.2, 0.25) is 0 Å². The van der Waals surface area contributed by atoms with Crippen molar-refractivity contribution < 1.29 is 15.0 Å². The molecule has 4 rings (SSSR count).